The molecule has 0 saturated heterocycles. The molecule has 0 spiro atoms. The summed E-state index contributed by atoms with van der Waals surface area (Å²) in [5.41, 5.74) is 7.28. The Labute approximate surface area is 150 Å². The first kappa shape index (κ1) is 15.7. The van der Waals surface area contributed by atoms with Gasteiger partial charge >= 0.3 is 6.03 Å². The van der Waals surface area contributed by atoms with E-state index in [9.17, 15) is 4.79 Å². The summed E-state index contributed by atoms with van der Waals surface area (Å²) in [6.45, 7) is 0. The first-order valence-electron chi connectivity index (χ1n) is 6.63. The number of amides is 2. The Morgan fingerprint density at radius 2 is 1.91 bits per heavy atom. The molecule has 3 rings (SSSR count). The highest BCUT2D eigenvalue weighted by Crippen LogP contribution is 2.27. The highest BCUT2D eigenvalue weighted by Gasteiger charge is 2.06. The number of thiazole rings is 1. The third-order valence-corrected chi connectivity index (χ3v) is 4.49. The Balaban J connectivity index is 1.66. The number of rotatable bonds is 2. The van der Waals surface area contributed by atoms with Crippen molar-refractivity contribution in [3.05, 3.63) is 52.1 Å². The predicted octanol–water partition coefficient (Wildman–Crippen LogP) is 3.67. The fourth-order valence-corrected chi connectivity index (χ4v) is 3.06. The Morgan fingerprint density at radius 1 is 1.17 bits per heavy atom. The van der Waals surface area contributed by atoms with Crippen molar-refractivity contribution >= 4 is 67.0 Å². The topological polar surface area (TPSA) is 92.4 Å². The van der Waals surface area contributed by atoms with Crippen LogP contribution < -0.4 is 16.4 Å². The van der Waals surface area contributed by atoms with Crippen LogP contribution in [0, 0.1) is 3.57 Å². The number of urea groups is 1. The molecule has 0 unspecified atom stereocenters. The number of hydrogen-bond donors (Lipinski definition) is 3. The van der Waals surface area contributed by atoms with Gasteiger partial charge in [-0.3, -0.25) is 5.32 Å². The monoisotopic (exact) mass is 437 g/mol. The molecule has 2 aromatic carbocycles. The average Bonchev–Trinajstić information content (AvgIpc) is 2.91. The summed E-state index contributed by atoms with van der Waals surface area (Å²) in [5.74, 6) is -0.00734. The van der Waals surface area contributed by atoms with E-state index in [-0.39, 0.29) is 5.96 Å². The van der Waals surface area contributed by atoms with Crippen molar-refractivity contribution < 1.29 is 4.79 Å². The third-order valence-electron chi connectivity index (χ3n) is 2.84. The second-order valence-corrected chi connectivity index (χ2v) is 6.80. The first-order valence-corrected chi connectivity index (χ1v) is 8.53. The van der Waals surface area contributed by atoms with Crippen LogP contribution in [-0.4, -0.2) is 17.0 Å². The molecule has 0 aliphatic rings. The summed E-state index contributed by atoms with van der Waals surface area (Å²) in [6, 6.07) is 14.7. The summed E-state index contributed by atoms with van der Waals surface area (Å²) in [5, 5.41) is 5.66. The molecule has 4 N–H and O–H groups in total. The molecule has 23 heavy (non-hydrogen) atoms. The van der Waals surface area contributed by atoms with Gasteiger partial charge in [0.25, 0.3) is 0 Å². The molecule has 3 aromatic rings. The molecule has 0 saturated carbocycles. The maximum atomic E-state index is 11.9. The number of fused-ring (bicyclic) bond motifs is 1. The van der Waals surface area contributed by atoms with Gasteiger partial charge in [0, 0.05) is 9.26 Å². The minimum Gasteiger partial charge on any atom is -0.369 e. The van der Waals surface area contributed by atoms with Gasteiger partial charge < -0.3 is 11.1 Å². The lowest BCUT2D eigenvalue weighted by atomic mass is 10.3. The molecule has 116 valence electrons. The summed E-state index contributed by atoms with van der Waals surface area (Å²) < 4.78 is 2.10. The van der Waals surface area contributed by atoms with E-state index in [1.54, 1.807) is 0 Å². The van der Waals surface area contributed by atoms with Crippen molar-refractivity contribution in [2.75, 3.05) is 5.32 Å². The van der Waals surface area contributed by atoms with E-state index in [2.05, 4.69) is 43.2 Å². The standard InChI is InChI=1S/C15H12IN5OS/c16-9-5-7-10(8-6-9)18-14(22)20-13(17)21-15-19-11-3-1-2-4-12(11)23-15/h1-8H,(H4,17,18,19,20,21,22). The second-order valence-electron chi connectivity index (χ2n) is 4.55. The number of nitrogens with one attached hydrogen (secondary N) is 2. The zero-order chi connectivity index (χ0) is 16.2. The Morgan fingerprint density at radius 3 is 2.65 bits per heavy atom. The van der Waals surface area contributed by atoms with Gasteiger partial charge in [-0.2, -0.15) is 4.99 Å². The van der Waals surface area contributed by atoms with E-state index in [0.29, 0.717) is 10.8 Å². The number of aliphatic imine (C=N–C) groups is 1. The lowest BCUT2D eigenvalue weighted by Crippen LogP contribution is -2.39. The fourth-order valence-electron chi connectivity index (χ4n) is 1.85. The lowest BCUT2D eigenvalue weighted by Gasteiger charge is -2.06. The highest BCUT2D eigenvalue weighted by molar-refractivity contribution is 14.1. The van der Waals surface area contributed by atoms with Crippen molar-refractivity contribution in [2.24, 2.45) is 10.7 Å². The number of benzene rings is 2. The number of nitrogens with zero attached hydrogens (tertiary/aromatic N) is 2. The van der Waals surface area contributed by atoms with Crippen molar-refractivity contribution in [3.63, 3.8) is 0 Å². The molecule has 0 radical (unpaired) electrons. The average molecular weight is 437 g/mol. The van der Waals surface area contributed by atoms with Crippen LogP contribution in [0.4, 0.5) is 15.6 Å². The minimum atomic E-state index is -0.450. The van der Waals surface area contributed by atoms with E-state index >= 15 is 0 Å². The van der Waals surface area contributed by atoms with Gasteiger partial charge in [0.2, 0.25) is 11.1 Å². The minimum absolute atomic E-state index is 0.00734. The van der Waals surface area contributed by atoms with Gasteiger partial charge in [-0.15, -0.1) is 0 Å². The van der Waals surface area contributed by atoms with E-state index < -0.39 is 6.03 Å². The van der Waals surface area contributed by atoms with Crippen LogP contribution in [-0.2, 0) is 0 Å². The Bertz CT molecular complexity index is 842. The van der Waals surface area contributed by atoms with E-state index in [1.807, 2.05) is 48.5 Å². The number of carbonyl (C=O) groups excluding carboxylic acids is 1. The number of guanidine groups is 1. The number of anilines is 1. The van der Waals surface area contributed by atoms with Crippen LogP contribution in [0.2, 0.25) is 0 Å². The molecule has 0 bridgehead atoms. The number of carbonyl (C=O) groups is 1. The van der Waals surface area contributed by atoms with Gasteiger partial charge in [-0.1, -0.05) is 23.5 Å². The quantitative estimate of drug-likeness (QED) is 0.325. The number of hydrogen-bond acceptors (Lipinski definition) is 4. The van der Waals surface area contributed by atoms with Crippen molar-refractivity contribution in [2.45, 2.75) is 0 Å². The van der Waals surface area contributed by atoms with Gasteiger partial charge in [-0.05, 0) is 59.0 Å². The maximum absolute atomic E-state index is 11.9. The zero-order valence-electron chi connectivity index (χ0n) is 11.8. The molecule has 1 aromatic heterocycles. The molecule has 8 heteroatoms. The number of aromatic nitrogens is 1. The summed E-state index contributed by atoms with van der Waals surface area (Å²) in [7, 11) is 0. The summed E-state index contributed by atoms with van der Waals surface area (Å²) in [6.07, 6.45) is 0. The van der Waals surface area contributed by atoms with Crippen molar-refractivity contribution in [3.8, 4) is 0 Å². The molecule has 2 amide bonds. The van der Waals surface area contributed by atoms with E-state index in [0.717, 1.165) is 13.8 Å². The predicted molar refractivity (Wildman–Crippen MR) is 102 cm³/mol. The van der Waals surface area contributed by atoms with Crippen LogP contribution >= 0.6 is 33.9 Å². The van der Waals surface area contributed by atoms with E-state index in [1.165, 1.54) is 11.3 Å². The van der Waals surface area contributed by atoms with Crippen molar-refractivity contribution in [1.29, 1.82) is 0 Å². The second kappa shape index (κ2) is 6.92. The summed E-state index contributed by atoms with van der Waals surface area (Å²) in [4.78, 5) is 20.3. The van der Waals surface area contributed by atoms with Crippen LogP contribution in [0.15, 0.2) is 53.5 Å². The molecular weight excluding hydrogens is 425 g/mol. The lowest BCUT2D eigenvalue weighted by molar-refractivity contribution is 0.256. The van der Waals surface area contributed by atoms with Gasteiger partial charge in [0.1, 0.15) is 0 Å². The molecule has 6 nitrogen and oxygen atoms in total. The van der Waals surface area contributed by atoms with Crippen LogP contribution in [0.3, 0.4) is 0 Å². The third kappa shape index (κ3) is 4.17. The van der Waals surface area contributed by atoms with E-state index in [4.69, 9.17) is 5.73 Å². The van der Waals surface area contributed by atoms with Crippen molar-refractivity contribution in [1.82, 2.24) is 10.3 Å². The Kier molecular flexibility index (Phi) is 4.72. The molecule has 0 fully saturated rings. The smallest absolute Gasteiger partial charge is 0.325 e. The SMILES string of the molecule is N/C(=N\c1nc2ccccc2s1)NC(=O)Nc1ccc(I)cc1. The normalized spacial score (nSPS) is 11.4. The molecule has 0 aliphatic carbocycles. The molecule has 0 aliphatic heterocycles. The molecular formula is C15H12IN5OS. The molecule has 1 heterocycles. The Hall–Kier alpha value is -2.20. The number of nitrogens with two attached hydrogens (primary N) is 1. The van der Waals surface area contributed by atoms with Gasteiger partial charge in [0.05, 0.1) is 10.2 Å². The number of para-hydroxylation sites is 1. The van der Waals surface area contributed by atoms with Crippen LogP contribution in [0.1, 0.15) is 0 Å². The van der Waals surface area contributed by atoms with Gasteiger partial charge in [0.15, 0.2) is 0 Å². The van der Waals surface area contributed by atoms with Crippen LogP contribution in [0.5, 0.6) is 0 Å². The van der Waals surface area contributed by atoms with Crippen LogP contribution in [0.25, 0.3) is 10.2 Å². The summed E-state index contributed by atoms with van der Waals surface area (Å²) >= 11 is 3.60. The zero-order valence-corrected chi connectivity index (χ0v) is 14.8. The largest absolute Gasteiger partial charge is 0.369 e. The van der Waals surface area contributed by atoms with Gasteiger partial charge in [-0.25, -0.2) is 9.78 Å². The number of halogens is 1. The molecule has 0 atom stereocenters. The maximum Gasteiger partial charge on any atom is 0.325 e. The fraction of sp³-hybridized carbons (Fsp3) is 0. The highest BCUT2D eigenvalue weighted by atomic mass is 127. The first-order chi connectivity index (χ1) is 11.1.